The van der Waals surface area contributed by atoms with Crippen LogP contribution in [0.25, 0.3) is 0 Å². The normalized spacial score (nSPS) is 22.0. The molecule has 0 spiro atoms. The van der Waals surface area contributed by atoms with Gasteiger partial charge >= 0.3 is 0 Å². The largest absolute Gasteiger partial charge is 0.494 e. The van der Waals surface area contributed by atoms with Crippen molar-refractivity contribution in [3.63, 3.8) is 0 Å². The van der Waals surface area contributed by atoms with Crippen molar-refractivity contribution < 1.29 is 13.9 Å². The van der Waals surface area contributed by atoms with Crippen LogP contribution in [0.1, 0.15) is 49.9 Å². The quantitative estimate of drug-likeness (QED) is 0.763. The molecular weight excluding hydrogens is 243 g/mol. The molecule has 19 heavy (non-hydrogen) atoms. The number of hydrogen-bond acceptors (Lipinski definition) is 2. The molecule has 1 atom stereocenters. The van der Waals surface area contributed by atoms with E-state index in [0.29, 0.717) is 5.56 Å². The van der Waals surface area contributed by atoms with Gasteiger partial charge in [0.15, 0.2) is 17.3 Å². The summed E-state index contributed by atoms with van der Waals surface area (Å²) in [7, 11) is 1.42. The van der Waals surface area contributed by atoms with E-state index in [1.165, 1.54) is 25.7 Å². The maximum atomic E-state index is 13.7. The molecule has 0 bridgehead atoms. The summed E-state index contributed by atoms with van der Waals surface area (Å²) < 4.78 is 18.6. The Morgan fingerprint density at radius 1 is 1.37 bits per heavy atom. The minimum atomic E-state index is -0.470. The standard InChI is InChI=1S/C16H21FO2/c1-16(2)9-5-4-6-12(16)15(18)11-7-8-14(19-3)13(17)10-11/h7-8,10,12H,4-6,9H2,1-3H3. The first-order valence-corrected chi connectivity index (χ1v) is 6.83. The van der Waals surface area contributed by atoms with Crippen LogP contribution in [-0.4, -0.2) is 12.9 Å². The molecule has 1 aliphatic carbocycles. The van der Waals surface area contributed by atoms with Crippen molar-refractivity contribution >= 4 is 5.78 Å². The third kappa shape index (κ3) is 2.80. The Labute approximate surface area is 114 Å². The Morgan fingerprint density at radius 3 is 2.68 bits per heavy atom. The number of rotatable bonds is 3. The molecule has 3 heteroatoms. The lowest BCUT2D eigenvalue weighted by molar-refractivity contribution is 0.0697. The summed E-state index contributed by atoms with van der Waals surface area (Å²) in [6.07, 6.45) is 4.22. The lowest BCUT2D eigenvalue weighted by atomic mass is 9.66. The predicted molar refractivity (Wildman–Crippen MR) is 73.0 cm³/mol. The number of ketones is 1. The van der Waals surface area contributed by atoms with E-state index < -0.39 is 5.82 Å². The van der Waals surface area contributed by atoms with Gasteiger partial charge in [-0.3, -0.25) is 4.79 Å². The van der Waals surface area contributed by atoms with Crippen molar-refractivity contribution in [2.45, 2.75) is 39.5 Å². The minimum Gasteiger partial charge on any atom is -0.494 e. The summed E-state index contributed by atoms with van der Waals surface area (Å²) >= 11 is 0. The van der Waals surface area contributed by atoms with Crippen LogP contribution in [0, 0.1) is 17.2 Å². The van der Waals surface area contributed by atoms with Gasteiger partial charge in [-0.25, -0.2) is 4.39 Å². The van der Waals surface area contributed by atoms with E-state index in [1.807, 2.05) is 0 Å². The second-order valence-corrected chi connectivity index (χ2v) is 6.00. The van der Waals surface area contributed by atoms with Crippen molar-refractivity contribution in [1.29, 1.82) is 0 Å². The smallest absolute Gasteiger partial charge is 0.166 e. The zero-order valence-corrected chi connectivity index (χ0v) is 11.8. The van der Waals surface area contributed by atoms with Gasteiger partial charge in [0.2, 0.25) is 0 Å². The molecule has 1 aromatic carbocycles. The van der Waals surface area contributed by atoms with E-state index in [9.17, 15) is 9.18 Å². The molecule has 0 heterocycles. The van der Waals surface area contributed by atoms with Crippen molar-refractivity contribution in [2.24, 2.45) is 11.3 Å². The lowest BCUT2D eigenvalue weighted by Crippen LogP contribution is -2.34. The Morgan fingerprint density at radius 2 is 2.11 bits per heavy atom. The van der Waals surface area contributed by atoms with Gasteiger partial charge < -0.3 is 4.74 Å². The summed E-state index contributed by atoms with van der Waals surface area (Å²) in [6.45, 7) is 4.27. The first kappa shape index (κ1) is 14.0. The van der Waals surface area contributed by atoms with Gasteiger partial charge in [-0.05, 0) is 36.5 Å². The van der Waals surface area contributed by atoms with Gasteiger partial charge in [0.1, 0.15) is 0 Å². The van der Waals surface area contributed by atoms with Crippen LogP contribution in [0.2, 0.25) is 0 Å². The number of carbonyl (C=O) groups excluding carboxylic acids is 1. The van der Waals surface area contributed by atoms with Crippen molar-refractivity contribution in [2.75, 3.05) is 7.11 Å². The van der Waals surface area contributed by atoms with E-state index in [1.54, 1.807) is 6.07 Å². The molecule has 1 fully saturated rings. The van der Waals surface area contributed by atoms with E-state index in [-0.39, 0.29) is 22.9 Å². The predicted octanol–water partition coefficient (Wildman–Crippen LogP) is 4.23. The maximum absolute atomic E-state index is 13.7. The zero-order chi connectivity index (χ0) is 14.0. The average molecular weight is 264 g/mol. The molecule has 0 N–H and O–H groups in total. The molecule has 2 rings (SSSR count). The van der Waals surface area contributed by atoms with Gasteiger partial charge in [0.05, 0.1) is 7.11 Å². The summed E-state index contributed by atoms with van der Waals surface area (Å²) in [5.74, 6) is -0.235. The van der Waals surface area contributed by atoms with E-state index >= 15 is 0 Å². The fourth-order valence-corrected chi connectivity index (χ4v) is 3.00. The van der Waals surface area contributed by atoms with Crippen LogP contribution in [0.3, 0.4) is 0 Å². The number of ether oxygens (including phenoxy) is 1. The Balaban J connectivity index is 2.26. The van der Waals surface area contributed by atoms with Gasteiger partial charge in [-0.15, -0.1) is 0 Å². The number of benzene rings is 1. The number of methoxy groups -OCH3 is 1. The topological polar surface area (TPSA) is 26.3 Å². The Hall–Kier alpha value is -1.38. The van der Waals surface area contributed by atoms with E-state index in [4.69, 9.17) is 4.74 Å². The molecule has 0 amide bonds. The molecule has 0 saturated heterocycles. The molecule has 1 unspecified atom stereocenters. The molecular formula is C16H21FO2. The third-order valence-electron chi connectivity index (χ3n) is 4.26. The molecule has 1 aromatic rings. The van der Waals surface area contributed by atoms with Crippen LogP contribution in [0.4, 0.5) is 4.39 Å². The molecule has 1 aliphatic rings. The molecule has 0 aliphatic heterocycles. The number of carbonyl (C=O) groups is 1. The van der Waals surface area contributed by atoms with Crippen LogP contribution in [0.15, 0.2) is 18.2 Å². The van der Waals surface area contributed by atoms with E-state index in [0.717, 1.165) is 19.3 Å². The second-order valence-electron chi connectivity index (χ2n) is 6.00. The summed E-state index contributed by atoms with van der Waals surface area (Å²) in [5, 5.41) is 0. The fraction of sp³-hybridized carbons (Fsp3) is 0.562. The highest BCUT2D eigenvalue weighted by molar-refractivity contribution is 5.98. The lowest BCUT2D eigenvalue weighted by Gasteiger charge is -2.37. The fourth-order valence-electron chi connectivity index (χ4n) is 3.00. The van der Waals surface area contributed by atoms with Gasteiger partial charge in [-0.2, -0.15) is 0 Å². The highest BCUT2D eigenvalue weighted by Crippen LogP contribution is 2.42. The monoisotopic (exact) mass is 264 g/mol. The summed E-state index contributed by atoms with van der Waals surface area (Å²) in [4.78, 5) is 12.6. The molecule has 0 radical (unpaired) electrons. The third-order valence-corrected chi connectivity index (χ3v) is 4.26. The highest BCUT2D eigenvalue weighted by atomic mass is 19.1. The number of halogens is 1. The average Bonchev–Trinajstić information content (AvgIpc) is 2.37. The van der Waals surface area contributed by atoms with Crippen LogP contribution in [-0.2, 0) is 0 Å². The summed E-state index contributed by atoms with van der Waals surface area (Å²) in [5.41, 5.74) is 0.462. The minimum absolute atomic E-state index is 0.00551. The van der Waals surface area contributed by atoms with Crippen molar-refractivity contribution in [1.82, 2.24) is 0 Å². The molecule has 104 valence electrons. The first-order chi connectivity index (χ1) is 8.95. The molecule has 2 nitrogen and oxygen atoms in total. The SMILES string of the molecule is COc1ccc(C(=O)C2CCCCC2(C)C)cc1F. The summed E-state index contributed by atoms with van der Waals surface area (Å²) in [6, 6.07) is 4.49. The van der Waals surface area contributed by atoms with Crippen LogP contribution >= 0.6 is 0 Å². The Kier molecular flexibility index (Phi) is 3.93. The number of Topliss-reactive ketones (excluding diaryl/α,β-unsaturated/α-hetero) is 1. The van der Waals surface area contributed by atoms with Gasteiger partial charge in [0.25, 0.3) is 0 Å². The molecule has 0 aromatic heterocycles. The number of hydrogen-bond donors (Lipinski definition) is 0. The van der Waals surface area contributed by atoms with Crippen molar-refractivity contribution in [3.8, 4) is 5.75 Å². The Bertz CT molecular complexity index is 480. The van der Waals surface area contributed by atoms with Gasteiger partial charge in [0, 0.05) is 11.5 Å². The van der Waals surface area contributed by atoms with Gasteiger partial charge in [-0.1, -0.05) is 26.7 Å². The maximum Gasteiger partial charge on any atom is 0.166 e. The first-order valence-electron chi connectivity index (χ1n) is 6.83. The second kappa shape index (κ2) is 5.32. The van der Waals surface area contributed by atoms with Crippen LogP contribution in [0.5, 0.6) is 5.75 Å². The highest BCUT2D eigenvalue weighted by Gasteiger charge is 2.37. The van der Waals surface area contributed by atoms with E-state index in [2.05, 4.69) is 13.8 Å². The van der Waals surface area contributed by atoms with Crippen LogP contribution < -0.4 is 4.74 Å². The van der Waals surface area contributed by atoms with Crippen molar-refractivity contribution in [3.05, 3.63) is 29.6 Å². The zero-order valence-electron chi connectivity index (χ0n) is 11.8. The molecule has 1 saturated carbocycles.